The molecule has 0 radical (unpaired) electrons. The van der Waals surface area contributed by atoms with Crippen LogP contribution in [-0.2, 0) is 13.1 Å². The number of nitrogens with zero attached hydrogens (tertiary/aromatic N) is 2. The van der Waals surface area contributed by atoms with E-state index in [1.165, 1.54) is 23.4 Å². The van der Waals surface area contributed by atoms with Crippen molar-refractivity contribution in [3.8, 4) is 0 Å². The summed E-state index contributed by atoms with van der Waals surface area (Å²) in [7, 11) is 0. The first-order valence-corrected chi connectivity index (χ1v) is 7.19. The van der Waals surface area contributed by atoms with E-state index in [1.807, 2.05) is 23.6 Å². The fourth-order valence-electron chi connectivity index (χ4n) is 2.10. The molecule has 2 aromatic rings. The summed E-state index contributed by atoms with van der Waals surface area (Å²) in [6.07, 6.45) is 4.54. The minimum atomic E-state index is 0.509. The molecule has 1 saturated carbocycles. The highest BCUT2D eigenvalue weighted by Gasteiger charge is 2.29. The SMILES string of the molecule is NCc1ccc(N(Cc2cccs2)C2CC2)cn1. The number of anilines is 1. The third kappa shape index (κ3) is 2.54. The van der Waals surface area contributed by atoms with Crippen molar-refractivity contribution in [1.29, 1.82) is 0 Å². The fraction of sp³-hybridized carbons (Fsp3) is 0.357. The van der Waals surface area contributed by atoms with Crippen molar-refractivity contribution in [2.24, 2.45) is 5.73 Å². The molecule has 4 heteroatoms. The highest BCUT2D eigenvalue weighted by molar-refractivity contribution is 7.09. The van der Waals surface area contributed by atoms with Gasteiger partial charge in [0.15, 0.2) is 0 Å². The normalized spacial score (nSPS) is 14.7. The molecule has 0 atom stereocenters. The first kappa shape index (κ1) is 11.7. The molecule has 0 spiro atoms. The summed E-state index contributed by atoms with van der Waals surface area (Å²) in [5.41, 5.74) is 7.74. The number of hydrogen-bond donors (Lipinski definition) is 1. The first-order chi connectivity index (χ1) is 8.86. The third-order valence-corrected chi connectivity index (χ3v) is 4.10. The van der Waals surface area contributed by atoms with Crippen LogP contribution in [0.5, 0.6) is 0 Å². The molecule has 2 N–H and O–H groups in total. The van der Waals surface area contributed by atoms with E-state index in [0.29, 0.717) is 12.6 Å². The zero-order chi connectivity index (χ0) is 12.4. The van der Waals surface area contributed by atoms with Crippen LogP contribution in [0, 0.1) is 0 Å². The van der Waals surface area contributed by atoms with Crippen molar-refractivity contribution in [3.63, 3.8) is 0 Å². The van der Waals surface area contributed by atoms with Gasteiger partial charge < -0.3 is 10.6 Å². The van der Waals surface area contributed by atoms with Gasteiger partial charge in [-0.1, -0.05) is 6.07 Å². The summed E-state index contributed by atoms with van der Waals surface area (Å²) >= 11 is 1.82. The van der Waals surface area contributed by atoms with E-state index in [2.05, 4.69) is 33.5 Å². The second-order valence-electron chi connectivity index (χ2n) is 4.65. The maximum atomic E-state index is 5.58. The topological polar surface area (TPSA) is 42.1 Å². The molecule has 0 unspecified atom stereocenters. The smallest absolute Gasteiger partial charge is 0.0558 e. The molecule has 1 aliphatic carbocycles. The third-order valence-electron chi connectivity index (χ3n) is 3.24. The summed E-state index contributed by atoms with van der Waals surface area (Å²) in [5.74, 6) is 0. The minimum absolute atomic E-state index is 0.509. The van der Waals surface area contributed by atoms with Gasteiger partial charge in [0.2, 0.25) is 0 Å². The largest absolute Gasteiger partial charge is 0.362 e. The minimum Gasteiger partial charge on any atom is -0.362 e. The highest BCUT2D eigenvalue weighted by Crippen LogP contribution is 2.33. The Labute approximate surface area is 111 Å². The summed E-state index contributed by atoms with van der Waals surface area (Å²) in [6, 6.07) is 9.17. The Morgan fingerprint density at radius 2 is 2.22 bits per heavy atom. The van der Waals surface area contributed by atoms with E-state index in [1.54, 1.807) is 0 Å². The Hall–Kier alpha value is -1.39. The Morgan fingerprint density at radius 1 is 1.33 bits per heavy atom. The van der Waals surface area contributed by atoms with Gasteiger partial charge in [0.1, 0.15) is 0 Å². The number of pyridine rings is 1. The average Bonchev–Trinajstić information content (AvgIpc) is 3.13. The number of aromatic nitrogens is 1. The molecule has 18 heavy (non-hydrogen) atoms. The summed E-state index contributed by atoms with van der Waals surface area (Å²) in [6.45, 7) is 1.50. The van der Waals surface area contributed by atoms with E-state index in [-0.39, 0.29) is 0 Å². The number of hydrogen-bond acceptors (Lipinski definition) is 4. The zero-order valence-corrected chi connectivity index (χ0v) is 11.1. The second kappa shape index (κ2) is 5.08. The molecule has 0 bridgehead atoms. The summed E-state index contributed by atoms with van der Waals surface area (Å²) in [5, 5.41) is 2.14. The van der Waals surface area contributed by atoms with E-state index in [9.17, 15) is 0 Å². The van der Waals surface area contributed by atoms with Gasteiger partial charge in [0, 0.05) is 17.5 Å². The first-order valence-electron chi connectivity index (χ1n) is 6.31. The van der Waals surface area contributed by atoms with Crippen LogP contribution >= 0.6 is 11.3 Å². The lowest BCUT2D eigenvalue weighted by atomic mass is 10.3. The maximum Gasteiger partial charge on any atom is 0.0558 e. The van der Waals surface area contributed by atoms with E-state index >= 15 is 0 Å². The van der Waals surface area contributed by atoms with Gasteiger partial charge in [0.25, 0.3) is 0 Å². The Bertz CT molecular complexity index is 488. The van der Waals surface area contributed by atoms with E-state index in [4.69, 9.17) is 5.73 Å². The van der Waals surface area contributed by atoms with Crippen LogP contribution in [0.3, 0.4) is 0 Å². The van der Waals surface area contributed by atoms with Crippen molar-refractivity contribution >= 4 is 17.0 Å². The van der Waals surface area contributed by atoms with Gasteiger partial charge in [-0.25, -0.2) is 0 Å². The second-order valence-corrected chi connectivity index (χ2v) is 5.68. The molecule has 3 rings (SSSR count). The van der Waals surface area contributed by atoms with Crippen molar-refractivity contribution < 1.29 is 0 Å². The molecule has 1 aliphatic rings. The quantitative estimate of drug-likeness (QED) is 0.897. The van der Waals surface area contributed by atoms with E-state index < -0.39 is 0 Å². The predicted molar refractivity (Wildman–Crippen MR) is 75.7 cm³/mol. The Balaban J connectivity index is 1.80. The van der Waals surface area contributed by atoms with Crippen molar-refractivity contribution in [2.45, 2.75) is 32.0 Å². The molecule has 0 aromatic carbocycles. The van der Waals surface area contributed by atoms with Gasteiger partial charge in [-0.15, -0.1) is 11.3 Å². The van der Waals surface area contributed by atoms with Crippen LogP contribution in [0.1, 0.15) is 23.4 Å². The molecule has 2 heterocycles. The monoisotopic (exact) mass is 259 g/mol. The Morgan fingerprint density at radius 3 is 2.78 bits per heavy atom. The van der Waals surface area contributed by atoms with Gasteiger partial charge >= 0.3 is 0 Å². The fourth-order valence-corrected chi connectivity index (χ4v) is 2.80. The van der Waals surface area contributed by atoms with Crippen molar-refractivity contribution in [2.75, 3.05) is 4.90 Å². The molecule has 94 valence electrons. The molecule has 1 fully saturated rings. The van der Waals surface area contributed by atoms with Crippen LogP contribution in [-0.4, -0.2) is 11.0 Å². The predicted octanol–water partition coefficient (Wildman–Crippen LogP) is 2.77. The number of nitrogens with two attached hydrogens (primary N) is 1. The summed E-state index contributed by atoms with van der Waals surface area (Å²) in [4.78, 5) is 8.26. The lowest BCUT2D eigenvalue weighted by molar-refractivity contribution is 0.798. The number of rotatable bonds is 5. The van der Waals surface area contributed by atoms with Crippen LogP contribution in [0.15, 0.2) is 35.8 Å². The molecular weight excluding hydrogens is 242 g/mol. The molecule has 0 saturated heterocycles. The van der Waals surface area contributed by atoms with Crippen LogP contribution in [0.4, 0.5) is 5.69 Å². The average molecular weight is 259 g/mol. The molecule has 0 aliphatic heterocycles. The summed E-state index contributed by atoms with van der Waals surface area (Å²) < 4.78 is 0. The van der Waals surface area contributed by atoms with Crippen molar-refractivity contribution in [3.05, 3.63) is 46.4 Å². The molecule has 2 aromatic heterocycles. The van der Waals surface area contributed by atoms with E-state index in [0.717, 1.165) is 12.2 Å². The molecular formula is C14H17N3S. The zero-order valence-electron chi connectivity index (χ0n) is 10.2. The van der Waals surface area contributed by atoms with Crippen LogP contribution in [0.25, 0.3) is 0 Å². The van der Waals surface area contributed by atoms with Gasteiger partial charge in [-0.05, 0) is 36.4 Å². The maximum absolute atomic E-state index is 5.58. The Kier molecular flexibility index (Phi) is 3.30. The standard InChI is InChI=1S/C14H17N3S/c15-8-11-3-4-13(9-16-11)17(12-5-6-12)10-14-2-1-7-18-14/h1-4,7,9,12H,5-6,8,10,15H2. The lowest BCUT2D eigenvalue weighted by Crippen LogP contribution is -2.24. The molecule has 3 nitrogen and oxygen atoms in total. The van der Waals surface area contributed by atoms with Crippen LogP contribution < -0.4 is 10.6 Å². The molecule has 0 amide bonds. The highest BCUT2D eigenvalue weighted by atomic mass is 32.1. The van der Waals surface area contributed by atoms with Gasteiger partial charge in [-0.2, -0.15) is 0 Å². The van der Waals surface area contributed by atoms with Crippen molar-refractivity contribution in [1.82, 2.24) is 4.98 Å². The van der Waals surface area contributed by atoms with Gasteiger partial charge in [-0.3, -0.25) is 4.98 Å². The van der Waals surface area contributed by atoms with Gasteiger partial charge in [0.05, 0.1) is 24.1 Å². The number of thiophene rings is 1. The van der Waals surface area contributed by atoms with Crippen LogP contribution in [0.2, 0.25) is 0 Å². The lowest BCUT2D eigenvalue weighted by Gasteiger charge is -2.23.